The van der Waals surface area contributed by atoms with Crippen molar-refractivity contribution in [2.45, 2.75) is 26.8 Å². The molecule has 5 heteroatoms. The quantitative estimate of drug-likeness (QED) is 0.812. The largest absolute Gasteiger partial charge is 0.494 e. The van der Waals surface area contributed by atoms with Gasteiger partial charge in [-0.1, -0.05) is 6.92 Å². The van der Waals surface area contributed by atoms with E-state index in [1.54, 1.807) is 29.1 Å². The lowest BCUT2D eigenvalue weighted by atomic mass is 10.3. The van der Waals surface area contributed by atoms with Crippen LogP contribution in [0.1, 0.15) is 20.3 Å². The van der Waals surface area contributed by atoms with Crippen molar-refractivity contribution < 1.29 is 9.47 Å². The fraction of sp³-hybridized carbons (Fsp3) is 0.333. The molecular formula is C15H18N2O3. The molecule has 0 fully saturated rings. The van der Waals surface area contributed by atoms with Crippen LogP contribution >= 0.6 is 0 Å². The van der Waals surface area contributed by atoms with Crippen LogP contribution in [0.5, 0.6) is 17.4 Å². The molecule has 1 aromatic carbocycles. The summed E-state index contributed by atoms with van der Waals surface area (Å²) >= 11 is 0. The smallest absolute Gasteiger partial charge is 0.313 e. The van der Waals surface area contributed by atoms with E-state index in [4.69, 9.17) is 9.47 Å². The van der Waals surface area contributed by atoms with Crippen molar-refractivity contribution in [3.05, 3.63) is 47.0 Å². The second kappa shape index (κ2) is 6.75. The van der Waals surface area contributed by atoms with Gasteiger partial charge >= 0.3 is 5.56 Å². The van der Waals surface area contributed by atoms with Crippen LogP contribution in [-0.4, -0.2) is 16.2 Å². The Morgan fingerprint density at radius 2 is 1.85 bits per heavy atom. The first kappa shape index (κ1) is 14.1. The van der Waals surface area contributed by atoms with E-state index in [9.17, 15) is 4.79 Å². The van der Waals surface area contributed by atoms with Crippen LogP contribution in [0, 0.1) is 0 Å². The SMILES string of the molecule is CCCOc1ccc(Oc2nccn(CC)c2=O)cc1. The summed E-state index contributed by atoms with van der Waals surface area (Å²) in [6.45, 7) is 5.21. The van der Waals surface area contributed by atoms with Gasteiger partial charge in [-0.3, -0.25) is 4.79 Å². The number of rotatable bonds is 6. The Morgan fingerprint density at radius 1 is 1.15 bits per heavy atom. The molecule has 1 aromatic heterocycles. The number of hydrogen-bond acceptors (Lipinski definition) is 4. The zero-order valence-corrected chi connectivity index (χ0v) is 11.7. The van der Waals surface area contributed by atoms with Gasteiger partial charge in [0.05, 0.1) is 6.61 Å². The highest BCUT2D eigenvalue weighted by molar-refractivity contribution is 5.33. The fourth-order valence-electron chi connectivity index (χ4n) is 1.68. The second-order valence-corrected chi connectivity index (χ2v) is 4.25. The molecule has 0 N–H and O–H groups in total. The number of hydrogen-bond donors (Lipinski definition) is 0. The van der Waals surface area contributed by atoms with E-state index in [0.29, 0.717) is 18.9 Å². The van der Waals surface area contributed by atoms with Gasteiger partial charge in [0, 0.05) is 18.9 Å². The third-order valence-electron chi connectivity index (χ3n) is 2.73. The van der Waals surface area contributed by atoms with Gasteiger partial charge in [-0.25, -0.2) is 4.98 Å². The van der Waals surface area contributed by atoms with Gasteiger partial charge in [0.15, 0.2) is 0 Å². The van der Waals surface area contributed by atoms with Crippen LogP contribution < -0.4 is 15.0 Å². The summed E-state index contributed by atoms with van der Waals surface area (Å²) in [4.78, 5) is 15.9. The van der Waals surface area contributed by atoms with Crippen molar-refractivity contribution in [3.8, 4) is 17.4 Å². The Labute approximate surface area is 117 Å². The number of nitrogens with zero attached hydrogens (tertiary/aromatic N) is 2. The molecule has 0 amide bonds. The summed E-state index contributed by atoms with van der Waals surface area (Å²) in [6, 6.07) is 7.14. The Bertz CT molecular complexity index is 605. The third-order valence-corrected chi connectivity index (χ3v) is 2.73. The summed E-state index contributed by atoms with van der Waals surface area (Å²) < 4.78 is 12.5. The molecule has 20 heavy (non-hydrogen) atoms. The standard InChI is InChI=1S/C15H18N2O3/c1-3-11-19-12-5-7-13(8-6-12)20-14-15(18)17(4-2)10-9-16-14/h5-10H,3-4,11H2,1-2H3. The molecule has 5 nitrogen and oxygen atoms in total. The minimum atomic E-state index is -0.235. The average molecular weight is 274 g/mol. The first-order valence-electron chi connectivity index (χ1n) is 6.70. The van der Waals surface area contributed by atoms with Gasteiger partial charge in [-0.05, 0) is 37.6 Å². The molecule has 0 aliphatic carbocycles. The predicted octanol–water partition coefficient (Wildman–Crippen LogP) is 2.84. The molecule has 0 saturated heterocycles. The topological polar surface area (TPSA) is 53.4 Å². The van der Waals surface area contributed by atoms with E-state index in [1.165, 1.54) is 0 Å². The number of benzene rings is 1. The lowest BCUT2D eigenvalue weighted by Crippen LogP contribution is -2.20. The van der Waals surface area contributed by atoms with E-state index in [0.717, 1.165) is 12.2 Å². The molecule has 0 unspecified atom stereocenters. The van der Waals surface area contributed by atoms with Crippen molar-refractivity contribution in [2.24, 2.45) is 0 Å². The zero-order chi connectivity index (χ0) is 14.4. The molecule has 0 radical (unpaired) electrons. The molecule has 2 rings (SSSR count). The van der Waals surface area contributed by atoms with E-state index in [-0.39, 0.29) is 11.4 Å². The van der Waals surface area contributed by atoms with E-state index in [1.807, 2.05) is 19.1 Å². The van der Waals surface area contributed by atoms with Crippen LogP contribution in [0.25, 0.3) is 0 Å². The molecular weight excluding hydrogens is 256 g/mol. The maximum absolute atomic E-state index is 12.0. The normalized spacial score (nSPS) is 10.3. The Morgan fingerprint density at radius 3 is 2.50 bits per heavy atom. The minimum Gasteiger partial charge on any atom is -0.494 e. The molecule has 106 valence electrons. The summed E-state index contributed by atoms with van der Waals surface area (Å²) in [5, 5.41) is 0. The zero-order valence-electron chi connectivity index (χ0n) is 11.7. The summed E-state index contributed by atoms with van der Waals surface area (Å²) in [5.74, 6) is 1.43. The van der Waals surface area contributed by atoms with Crippen LogP contribution in [0.3, 0.4) is 0 Å². The van der Waals surface area contributed by atoms with E-state index < -0.39 is 0 Å². The molecule has 1 heterocycles. The summed E-state index contributed by atoms with van der Waals surface area (Å²) in [5.41, 5.74) is -0.235. The monoisotopic (exact) mass is 274 g/mol. The van der Waals surface area contributed by atoms with Crippen LogP contribution in [0.15, 0.2) is 41.5 Å². The highest BCUT2D eigenvalue weighted by Gasteiger charge is 2.06. The molecule has 0 saturated carbocycles. The predicted molar refractivity (Wildman–Crippen MR) is 76.5 cm³/mol. The Hall–Kier alpha value is -2.30. The number of ether oxygens (including phenoxy) is 2. The second-order valence-electron chi connectivity index (χ2n) is 4.25. The lowest BCUT2D eigenvalue weighted by Gasteiger charge is -2.08. The average Bonchev–Trinajstić information content (AvgIpc) is 2.48. The van der Waals surface area contributed by atoms with Crippen molar-refractivity contribution >= 4 is 0 Å². The molecule has 0 aliphatic rings. The van der Waals surface area contributed by atoms with Crippen molar-refractivity contribution in [1.29, 1.82) is 0 Å². The van der Waals surface area contributed by atoms with Gasteiger partial charge in [-0.2, -0.15) is 0 Å². The van der Waals surface area contributed by atoms with Crippen LogP contribution in [0.2, 0.25) is 0 Å². The van der Waals surface area contributed by atoms with Gasteiger partial charge < -0.3 is 14.0 Å². The number of aryl methyl sites for hydroxylation is 1. The summed E-state index contributed by atoms with van der Waals surface area (Å²) in [7, 11) is 0. The first-order chi connectivity index (χ1) is 9.74. The van der Waals surface area contributed by atoms with Crippen molar-refractivity contribution in [1.82, 2.24) is 9.55 Å². The minimum absolute atomic E-state index is 0.0802. The lowest BCUT2D eigenvalue weighted by molar-refractivity contribution is 0.317. The highest BCUT2D eigenvalue weighted by Crippen LogP contribution is 2.20. The van der Waals surface area contributed by atoms with Crippen LogP contribution in [-0.2, 0) is 6.54 Å². The molecule has 0 bridgehead atoms. The van der Waals surface area contributed by atoms with Gasteiger partial charge in [0.25, 0.3) is 5.88 Å². The first-order valence-corrected chi connectivity index (χ1v) is 6.70. The number of aromatic nitrogens is 2. The Kier molecular flexibility index (Phi) is 4.76. The maximum Gasteiger partial charge on any atom is 0.313 e. The van der Waals surface area contributed by atoms with E-state index >= 15 is 0 Å². The summed E-state index contributed by atoms with van der Waals surface area (Å²) in [6.07, 6.45) is 4.15. The Balaban J connectivity index is 2.12. The van der Waals surface area contributed by atoms with Crippen LogP contribution in [0.4, 0.5) is 0 Å². The van der Waals surface area contributed by atoms with Crippen molar-refractivity contribution in [2.75, 3.05) is 6.61 Å². The molecule has 0 aliphatic heterocycles. The maximum atomic E-state index is 12.0. The third kappa shape index (κ3) is 3.38. The van der Waals surface area contributed by atoms with Gasteiger partial charge in [-0.15, -0.1) is 0 Å². The fourth-order valence-corrected chi connectivity index (χ4v) is 1.68. The van der Waals surface area contributed by atoms with Gasteiger partial charge in [0.1, 0.15) is 11.5 Å². The van der Waals surface area contributed by atoms with E-state index in [2.05, 4.69) is 11.9 Å². The molecule has 2 aromatic rings. The molecule has 0 spiro atoms. The van der Waals surface area contributed by atoms with Gasteiger partial charge in [0.2, 0.25) is 0 Å². The highest BCUT2D eigenvalue weighted by atomic mass is 16.5. The van der Waals surface area contributed by atoms with Crippen molar-refractivity contribution in [3.63, 3.8) is 0 Å². The molecule has 0 atom stereocenters.